The van der Waals surface area contributed by atoms with Gasteiger partial charge in [0.15, 0.2) is 0 Å². The first-order chi connectivity index (χ1) is 10.8. The Labute approximate surface area is 135 Å². The van der Waals surface area contributed by atoms with Gasteiger partial charge < -0.3 is 9.47 Å². The number of esters is 1. The van der Waals surface area contributed by atoms with E-state index in [1.54, 1.807) is 11.8 Å². The topological polar surface area (TPSA) is 35.5 Å². The smallest absolute Gasteiger partial charge is 0.341 e. The van der Waals surface area contributed by atoms with E-state index in [0.29, 0.717) is 5.57 Å². The summed E-state index contributed by atoms with van der Waals surface area (Å²) in [6, 6.07) is 17.9. The average molecular weight is 314 g/mol. The van der Waals surface area contributed by atoms with E-state index in [0.717, 1.165) is 16.9 Å². The summed E-state index contributed by atoms with van der Waals surface area (Å²) in [4.78, 5) is 13.1. The van der Waals surface area contributed by atoms with Crippen LogP contribution in [-0.2, 0) is 20.0 Å². The number of carbonyl (C=O) groups is 1. The maximum atomic E-state index is 12.0. The molecule has 0 aromatic heterocycles. The van der Waals surface area contributed by atoms with Crippen molar-refractivity contribution < 1.29 is 14.3 Å². The van der Waals surface area contributed by atoms with Crippen LogP contribution in [0.15, 0.2) is 65.8 Å². The third-order valence-corrected chi connectivity index (χ3v) is 4.15. The summed E-state index contributed by atoms with van der Waals surface area (Å²) in [5, 5.41) is 0. The van der Waals surface area contributed by atoms with Gasteiger partial charge in [-0.3, -0.25) is 0 Å². The highest BCUT2D eigenvalue weighted by atomic mass is 32.2. The van der Waals surface area contributed by atoms with Gasteiger partial charge in [0.1, 0.15) is 5.57 Å². The minimum Gasteiger partial charge on any atom is -0.503 e. The first-order valence-corrected chi connectivity index (χ1v) is 7.82. The van der Waals surface area contributed by atoms with Crippen molar-refractivity contribution in [3.63, 3.8) is 0 Å². The molecule has 2 aromatic carbocycles. The second kappa shape index (κ2) is 8.29. The highest BCUT2D eigenvalue weighted by Crippen LogP contribution is 2.28. The van der Waals surface area contributed by atoms with Crippen molar-refractivity contribution in [2.24, 2.45) is 0 Å². The molecule has 114 valence electrons. The lowest BCUT2D eigenvalue weighted by atomic mass is 10.0. The Morgan fingerprint density at radius 3 is 2.41 bits per heavy atom. The molecule has 0 fully saturated rings. The molecule has 3 nitrogen and oxygen atoms in total. The van der Waals surface area contributed by atoms with Gasteiger partial charge in [0.25, 0.3) is 0 Å². The van der Waals surface area contributed by atoms with Crippen molar-refractivity contribution in [2.45, 2.75) is 10.6 Å². The molecule has 0 aliphatic heterocycles. The van der Waals surface area contributed by atoms with Crippen molar-refractivity contribution >= 4 is 23.3 Å². The summed E-state index contributed by atoms with van der Waals surface area (Å²) in [5.74, 6) is 0.358. The monoisotopic (exact) mass is 314 g/mol. The number of methoxy groups -OCH3 is 2. The second-order valence-electron chi connectivity index (χ2n) is 4.52. The van der Waals surface area contributed by atoms with Gasteiger partial charge in [-0.05, 0) is 23.3 Å². The van der Waals surface area contributed by atoms with E-state index in [9.17, 15) is 4.79 Å². The highest BCUT2D eigenvalue weighted by molar-refractivity contribution is 7.98. The largest absolute Gasteiger partial charge is 0.503 e. The lowest BCUT2D eigenvalue weighted by molar-refractivity contribution is -0.133. The molecular formula is C18H18O3S. The van der Waals surface area contributed by atoms with E-state index in [1.807, 2.05) is 42.5 Å². The highest BCUT2D eigenvalue weighted by Gasteiger charge is 2.16. The number of thioether (sulfide) groups is 1. The van der Waals surface area contributed by atoms with Crippen molar-refractivity contribution in [2.75, 3.05) is 14.2 Å². The van der Waals surface area contributed by atoms with Crippen LogP contribution < -0.4 is 0 Å². The normalized spacial score (nSPS) is 11.1. The summed E-state index contributed by atoms with van der Waals surface area (Å²) < 4.78 is 9.87. The molecule has 2 rings (SSSR count). The van der Waals surface area contributed by atoms with Gasteiger partial charge in [0, 0.05) is 10.6 Å². The Morgan fingerprint density at radius 2 is 1.73 bits per heavy atom. The molecule has 0 amide bonds. The molecule has 0 saturated carbocycles. The number of ether oxygens (including phenoxy) is 2. The molecule has 0 saturated heterocycles. The maximum Gasteiger partial charge on any atom is 0.341 e. The van der Waals surface area contributed by atoms with E-state index in [-0.39, 0.29) is 0 Å². The van der Waals surface area contributed by atoms with Crippen LogP contribution in [0.1, 0.15) is 11.1 Å². The standard InChI is InChI=1S/C18H18O3S/c1-20-12-17(18(19)21-2)16-11-7-6-8-14(16)13-22-15-9-4-3-5-10-15/h3-12H,13H2,1-2H3. The van der Waals surface area contributed by atoms with E-state index >= 15 is 0 Å². The fraction of sp³-hybridized carbons (Fsp3) is 0.167. The predicted octanol–water partition coefficient (Wildman–Crippen LogP) is 4.14. The molecule has 0 radical (unpaired) electrons. The van der Waals surface area contributed by atoms with Gasteiger partial charge in [-0.15, -0.1) is 11.8 Å². The molecule has 0 atom stereocenters. The Balaban J connectivity index is 2.26. The zero-order valence-corrected chi connectivity index (χ0v) is 13.4. The third kappa shape index (κ3) is 4.15. The van der Waals surface area contributed by atoms with Crippen molar-refractivity contribution in [3.8, 4) is 0 Å². The number of benzene rings is 2. The molecule has 2 aromatic rings. The SMILES string of the molecule is COC=C(C(=O)OC)c1ccccc1CSc1ccccc1. The Hall–Kier alpha value is -2.20. The van der Waals surface area contributed by atoms with Crippen molar-refractivity contribution in [1.29, 1.82) is 0 Å². The molecule has 0 aliphatic rings. The van der Waals surface area contributed by atoms with Crippen LogP contribution in [-0.4, -0.2) is 20.2 Å². The summed E-state index contributed by atoms with van der Waals surface area (Å²) in [6.45, 7) is 0. The van der Waals surface area contributed by atoms with Gasteiger partial charge >= 0.3 is 5.97 Å². The van der Waals surface area contributed by atoms with Crippen LogP contribution >= 0.6 is 11.8 Å². The molecule has 0 spiro atoms. The predicted molar refractivity (Wildman–Crippen MR) is 89.4 cm³/mol. The molecular weight excluding hydrogens is 296 g/mol. The summed E-state index contributed by atoms with van der Waals surface area (Å²) in [6.07, 6.45) is 1.43. The van der Waals surface area contributed by atoms with Crippen LogP contribution in [0.5, 0.6) is 0 Å². The lowest BCUT2D eigenvalue weighted by Crippen LogP contribution is -2.06. The third-order valence-electron chi connectivity index (χ3n) is 3.09. The summed E-state index contributed by atoms with van der Waals surface area (Å²) >= 11 is 1.72. The van der Waals surface area contributed by atoms with Gasteiger partial charge in [0.2, 0.25) is 0 Å². The minimum absolute atomic E-state index is 0.404. The maximum absolute atomic E-state index is 12.0. The molecule has 0 heterocycles. The van der Waals surface area contributed by atoms with Crippen molar-refractivity contribution in [3.05, 3.63) is 72.0 Å². The van der Waals surface area contributed by atoms with Gasteiger partial charge in [-0.2, -0.15) is 0 Å². The number of rotatable bonds is 6. The quantitative estimate of drug-likeness (QED) is 0.347. The minimum atomic E-state index is -0.404. The molecule has 0 bridgehead atoms. The second-order valence-corrected chi connectivity index (χ2v) is 5.57. The fourth-order valence-corrected chi connectivity index (χ4v) is 2.96. The Kier molecular flexibility index (Phi) is 6.10. The van der Waals surface area contributed by atoms with Crippen LogP contribution in [0, 0.1) is 0 Å². The van der Waals surface area contributed by atoms with Crippen LogP contribution in [0.3, 0.4) is 0 Å². The van der Waals surface area contributed by atoms with E-state index < -0.39 is 5.97 Å². The van der Waals surface area contributed by atoms with Crippen LogP contribution in [0.2, 0.25) is 0 Å². The van der Waals surface area contributed by atoms with Gasteiger partial charge in [-0.25, -0.2) is 4.79 Å². The van der Waals surface area contributed by atoms with E-state index in [4.69, 9.17) is 9.47 Å². The van der Waals surface area contributed by atoms with E-state index in [1.165, 1.54) is 25.4 Å². The van der Waals surface area contributed by atoms with Gasteiger partial charge in [0.05, 0.1) is 20.5 Å². The van der Waals surface area contributed by atoms with E-state index in [2.05, 4.69) is 12.1 Å². The average Bonchev–Trinajstić information content (AvgIpc) is 2.58. The van der Waals surface area contributed by atoms with Crippen LogP contribution in [0.4, 0.5) is 0 Å². The Morgan fingerprint density at radius 1 is 1.05 bits per heavy atom. The molecule has 0 aliphatic carbocycles. The fourth-order valence-electron chi connectivity index (χ4n) is 2.04. The summed E-state index contributed by atoms with van der Waals surface area (Å²) in [5.41, 5.74) is 2.32. The zero-order valence-electron chi connectivity index (χ0n) is 12.6. The molecule has 0 unspecified atom stereocenters. The van der Waals surface area contributed by atoms with Gasteiger partial charge in [-0.1, -0.05) is 42.5 Å². The number of hydrogen-bond donors (Lipinski definition) is 0. The van der Waals surface area contributed by atoms with Crippen LogP contribution in [0.25, 0.3) is 5.57 Å². The molecule has 0 N–H and O–H groups in total. The zero-order chi connectivity index (χ0) is 15.8. The molecule has 4 heteroatoms. The number of hydrogen-bond acceptors (Lipinski definition) is 4. The number of carbonyl (C=O) groups excluding carboxylic acids is 1. The molecule has 22 heavy (non-hydrogen) atoms. The first kappa shape index (κ1) is 16.2. The lowest BCUT2D eigenvalue weighted by Gasteiger charge is -2.11. The van der Waals surface area contributed by atoms with Crippen molar-refractivity contribution in [1.82, 2.24) is 0 Å². The first-order valence-electron chi connectivity index (χ1n) is 6.83. The Bertz CT molecular complexity index is 650. The summed E-state index contributed by atoms with van der Waals surface area (Å²) in [7, 11) is 2.89.